The Hall–Kier alpha value is -0.920. The van der Waals surface area contributed by atoms with Crippen molar-refractivity contribution in [3.63, 3.8) is 0 Å². The van der Waals surface area contributed by atoms with E-state index in [-0.39, 0.29) is 15.7 Å². The van der Waals surface area contributed by atoms with Gasteiger partial charge in [-0.2, -0.15) is 0 Å². The van der Waals surface area contributed by atoms with Crippen LogP contribution in [0, 0.1) is 5.82 Å². The normalized spacial score (nSPS) is 11.1. The molecule has 0 unspecified atom stereocenters. The molecule has 8 heteroatoms. The highest BCUT2D eigenvalue weighted by Crippen LogP contribution is 2.20. The van der Waals surface area contributed by atoms with Crippen molar-refractivity contribution in [1.82, 2.24) is 0 Å². The SMILES string of the molecule is NC(=S)CS(=O)(=O)Nc1cc(Cl)ccc1F. The molecule has 1 aromatic rings. The molecule has 0 fully saturated rings. The van der Waals surface area contributed by atoms with Crippen LogP contribution in [0.1, 0.15) is 0 Å². The Morgan fingerprint density at radius 1 is 1.56 bits per heavy atom. The second-order valence-corrected chi connectivity index (χ2v) is 5.63. The Kier molecular flexibility index (Phi) is 4.06. The fraction of sp³-hybridized carbons (Fsp3) is 0.125. The minimum absolute atomic E-state index is 0.199. The standard InChI is InChI=1S/C8H8ClFN2O2S2/c9-5-1-2-6(10)7(3-5)12-16(13,14)4-8(11)15/h1-3,12H,4H2,(H2,11,15). The number of thiocarbonyl (C=S) groups is 1. The lowest BCUT2D eigenvalue weighted by Gasteiger charge is -2.08. The van der Waals surface area contributed by atoms with E-state index in [1.807, 2.05) is 4.72 Å². The Morgan fingerprint density at radius 2 is 2.19 bits per heavy atom. The zero-order valence-electron chi connectivity index (χ0n) is 7.91. The van der Waals surface area contributed by atoms with E-state index in [9.17, 15) is 12.8 Å². The van der Waals surface area contributed by atoms with Crippen molar-refractivity contribution in [3.05, 3.63) is 29.0 Å². The summed E-state index contributed by atoms with van der Waals surface area (Å²) in [5.41, 5.74) is 4.86. The quantitative estimate of drug-likeness (QED) is 0.821. The van der Waals surface area contributed by atoms with E-state index < -0.39 is 21.6 Å². The molecule has 0 heterocycles. The Labute approximate surface area is 103 Å². The molecule has 0 aromatic heterocycles. The maximum Gasteiger partial charge on any atom is 0.239 e. The molecule has 0 aliphatic carbocycles. The highest BCUT2D eigenvalue weighted by molar-refractivity contribution is 7.95. The number of anilines is 1. The van der Waals surface area contributed by atoms with Crippen molar-refractivity contribution in [3.8, 4) is 0 Å². The highest BCUT2D eigenvalue weighted by atomic mass is 35.5. The number of nitrogens with two attached hydrogens (primary N) is 1. The molecule has 0 aliphatic rings. The van der Waals surface area contributed by atoms with Gasteiger partial charge in [0.05, 0.1) is 10.7 Å². The van der Waals surface area contributed by atoms with Gasteiger partial charge in [-0.3, -0.25) is 4.72 Å². The van der Waals surface area contributed by atoms with E-state index in [1.54, 1.807) is 0 Å². The van der Waals surface area contributed by atoms with Crippen molar-refractivity contribution in [1.29, 1.82) is 0 Å². The van der Waals surface area contributed by atoms with Gasteiger partial charge in [0.15, 0.2) is 0 Å². The van der Waals surface area contributed by atoms with Crippen molar-refractivity contribution in [2.75, 3.05) is 10.5 Å². The first-order valence-corrected chi connectivity index (χ1v) is 6.48. The Morgan fingerprint density at radius 3 is 2.75 bits per heavy atom. The fourth-order valence-electron chi connectivity index (χ4n) is 0.967. The van der Waals surface area contributed by atoms with Gasteiger partial charge in [0.1, 0.15) is 11.6 Å². The third-order valence-corrected chi connectivity index (χ3v) is 3.31. The molecule has 88 valence electrons. The number of hydrogen-bond acceptors (Lipinski definition) is 3. The van der Waals surface area contributed by atoms with Crippen LogP contribution in [0.5, 0.6) is 0 Å². The average Bonchev–Trinajstić information content (AvgIpc) is 2.08. The van der Waals surface area contributed by atoms with Gasteiger partial charge in [-0.25, -0.2) is 12.8 Å². The summed E-state index contributed by atoms with van der Waals surface area (Å²) >= 11 is 10.1. The van der Waals surface area contributed by atoms with Crippen LogP contribution in [-0.4, -0.2) is 19.2 Å². The molecule has 0 aliphatic heterocycles. The van der Waals surface area contributed by atoms with Gasteiger partial charge in [0.2, 0.25) is 10.0 Å². The molecule has 1 rings (SSSR count). The summed E-state index contributed by atoms with van der Waals surface area (Å²) in [4.78, 5) is -0.199. The zero-order valence-corrected chi connectivity index (χ0v) is 10.3. The summed E-state index contributed by atoms with van der Waals surface area (Å²) in [7, 11) is -3.79. The van der Waals surface area contributed by atoms with Gasteiger partial charge in [-0.05, 0) is 18.2 Å². The molecular weight excluding hydrogens is 275 g/mol. The smallest absolute Gasteiger partial charge is 0.239 e. The van der Waals surface area contributed by atoms with Crippen LogP contribution in [0.4, 0.5) is 10.1 Å². The molecule has 0 atom stereocenters. The van der Waals surface area contributed by atoms with Gasteiger partial charge >= 0.3 is 0 Å². The molecule has 0 bridgehead atoms. The number of sulfonamides is 1. The van der Waals surface area contributed by atoms with Crippen LogP contribution in [0.15, 0.2) is 18.2 Å². The molecule has 0 saturated carbocycles. The molecule has 0 saturated heterocycles. The summed E-state index contributed by atoms with van der Waals surface area (Å²) in [6.45, 7) is 0. The molecule has 0 amide bonds. The van der Waals surface area contributed by atoms with E-state index in [0.717, 1.165) is 12.1 Å². The lowest BCUT2D eigenvalue weighted by molar-refractivity contribution is 0.602. The van der Waals surface area contributed by atoms with Crippen LogP contribution < -0.4 is 10.5 Å². The number of halogens is 2. The molecule has 16 heavy (non-hydrogen) atoms. The number of hydrogen-bond donors (Lipinski definition) is 2. The molecule has 0 spiro atoms. The second-order valence-electron chi connectivity index (χ2n) is 2.95. The zero-order chi connectivity index (χ0) is 12.3. The molecule has 4 nitrogen and oxygen atoms in total. The first-order valence-electron chi connectivity index (χ1n) is 4.04. The predicted octanol–water partition coefficient (Wildman–Crippen LogP) is 1.51. The number of nitrogens with one attached hydrogen (secondary N) is 1. The van der Waals surface area contributed by atoms with E-state index >= 15 is 0 Å². The van der Waals surface area contributed by atoms with Gasteiger partial charge in [0, 0.05) is 5.02 Å². The minimum atomic E-state index is -3.79. The van der Waals surface area contributed by atoms with Gasteiger partial charge < -0.3 is 5.73 Å². The topological polar surface area (TPSA) is 72.2 Å². The first kappa shape index (κ1) is 13.1. The van der Waals surface area contributed by atoms with Crippen LogP contribution in [0.3, 0.4) is 0 Å². The van der Waals surface area contributed by atoms with Crippen molar-refractivity contribution < 1.29 is 12.8 Å². The maximum atomic E-state index is 13.2. The third kappa shape index (κ3) is 3.92. The maximum absolute atomic E-state index is 13.2. The monoisotopic (exact) mass is 282 g/mol. The third-order valence-electron chi connectivity index (χ3n) is 1.53. The highest BCUT2D eigenvalue weighted by Gasteiger charge is 2.14. The molecule has 1 aromatic carbocycles. The van der Waals surface area contributed by atoms with Crippen LogP contribution in [-0.2, 0) is 10.0 Å². The minimum Gasteiger partial charge on any atom is -0.392 e. The van der Waals surface area contributed by atoms with E-state index in [2.05, 4.69) is 12.2 Å². The molecule has 0 radical (unpaired) electrons. The number of benzene rings is 1. The summed E-state index contributed by atoms with van der Waals surface area (Å²) in [5, 5.41) is 0.217. The lowest BCUT2D eigenvalue weighted by atomic mass is 10.3. The van der Waals surface area contributed by atoms with Crippen molar-refractivity contribution in [2.45, 2.75) is 0 Å². The summed E-state index contributed by atoms with van der Waals surface area (Å²) in [6.07, 6.45) is 0. The Balaban J connectivity index is 2.96. The van der Waals surface area contributed by atoms with E-state index in [0.29, 0.717) is 0 Å². The first-order chi connectivity index (χ1) is 7.30. The average molecular weight is 283 g/mol. The van der Waals surface area contributed by atoms with Gasteiger partial charge in [0.25, 0.3) is 0 Å². The van der Waals surface area contributed by atoms with Crippen molar-refractivity contribution >= 4 is 44.5 Å². The molecule has 3 N–H and O–H groups in total. The fourth-order valence-corrected chi connectivity index (χ4v) is 2.54. The van der Waals surface area contributed by atoms with Crippen LogP contribution >= 0.6 is 23.8 Å². The largest absolute Gasteiger partial charge is 0.392 e. The Bertz CT molecular complexity index is 519. The number of rotatable bonds is 4. The molecular formula is C8H8ClFN2O2S2. The predicted molar refractivity (Wildman–Crippen MR) is 65.6 cm³/mol. The lowest BCUT2D eigenvalue weighted by Crippen LogP contribution is -2.26. The van der Waals surface area contributed by atoms with Gasteiger partial charge in [-0.1, -0.05) is 23.8 Å². The van der Waals surface area contributed by atoms with E-state index in [4.69, 9.17) is 17.3 Å². The second kappa shape index (κ2) is 4.94. The summed E-state index contributed by atoms with van der Waals surface area (Å²) in [5.74, 6) is -1.27. The van der Waals surface area contributed by atoms with Crippen LogP contribution in [0.25, 0.3) is 0 Å². The summed E-state index contributed by atoms with van der Waals surface area (Å²) in [6, 6.07) is 3.53. The van der Waals surface area contributed by atoms with Crippen LogP contribution in [0.2, 0.25) is 5.02 Å². The summed E-state index contributed by atoms with van der Waals surface area (Å²) < 4.78 is 38.0. The van der Waals surface area contributed by atoms with Gasteiger partial charge in [-0.15, -0.1) is 0 Å². The van der Waals surface area contributed by atoms with E-state index in [1.165, 1.54) is 6.07 Å². The van der Waals surface area contributed by atoms with Crippen molar-refractivity contribution in [2.24, 2.45) is 5.73 Å².